The van der Waals surface area contributed by atoms with Gasteiger partial charge in [0, 0.05) is 48.2 Å². The fraction of sp³-hybridized carbons (Fsp3) is 0.485. The molecule has 4 heterocycles. The lowest BCUT2D eigenvalue weighted by Gasteiger charge is -2.57. The van der Waals surface area contributed by atoms with E-state index in [9.17, 15) is 4.79 Å². The van der Waals surface area contributed by atoms with Gasteiger partial charge in [0.2, 0.25) is 0 Å². The molecule has 0 saturated carbocycles. The monoisotopic (exact) mass is 588 g/mol. The van der Waals surface area contributed by atoms with Crippen molar-refractivity contribution in [2.45, 2.75) is 43.7 Å². The number of benzene rings is 2. The number of rotatable bonds is 4. The maximum atomic E-state index is 14.1. The van der Waals surface area contributed by atoms with E-state index in [1.807, 2.05) is 23.1 Å². The van der Waals surface area contributed by atoms with Crippen molar-refractivity contribution in [2.75, 3.05) is 58.9 Å². The summed E-state index contributed by atoms with van der Waals surface area (Å²) in [5.74, 6) is 3.01. The summed E-state index contributed by atoms with van der Waals surface area (Å²) in [5.41, 5.74) is 7.75. The van der Waals surface area contributed by atoms with E-state index in [0.717, 1.165) is 60.0 Å². The highest BCUT2D eigenvalue weighted by molar-refractivity contribution is 6.31. The molecule has 1 spiro atoms. The van der Waals surface area contributed by atoms with Crippen LogP contribution in [0.4, 0.5) is 5.69 Å². The summed E-state index contributed by atoms with van der Waals surface area (Å²) < 4.78 is 18.3. The molecule has 2 fully saturated rings. The summed E-state index contributed by atoms with van der Waals surface area (Å²) in [4.78, 5) is 24.5. The number of likely N-dealkylation sites (N-methyl/N-ethyl adjacent to an activating group) is 1. The van der Waals surface area contributed by atoms with Gasteiger partial charge in [-0.3, -0.25) is 4.79 Å². The van der Waals surface area contributed by atoms with Gasteiger partial charge in [-0.15, -0.1) is 0 Å². The van der Waals surface area contributed by atoms with Gasteiger partial charge in [0.1, 0.15) is 17.5 Å². The Kier molecular flexibility index (Phi) is 5.83. The molecule has 2 bridgehead atoms. The molecule has 0 radical (unpaired) electrons. The molecule has 3 aromatic rings. The van der Waals surface area contributed by atoms with Crippen molar-refractivity contribution in [2.24, 2.45) is 5.92 Å². The number of fused-ring (bicyclic) bond motifs is 2. The van der Waals surface area contributed by atoms with E-state index in [1.165, 1.54) is 16.7 Å². The van der Waals surface area contributed by atoms with Crippen LogP contribution in [-0.2, 0) is 18.3 Å². The van der Waals surface area contributed by atoms with Gasteiger partial charge in [0.05, 0.1) is 25.6 Å². The average molecular weight is 589 g/mol. The molecule has 1 aromatic heterocycles. The minimum Gasteiger partial charge on any atom is -0.495 e. The van der Waals surface area contributed by atoms with Gasteiger partial charge in [0.15, 0.2) is 11.5 Å². The number of carbonyl (C=O) groups excluding carboxylic acids is 1. The maximum Gasteiger partial charge on any atom is 0.270 e. The highest BCUT2D eigenvalue weighted by Gasteiger charge is 2.65. The third kappa shape index (κ3) is 3.42. The number of likely N-dealkylation sites (tertiary alicyclic amines) is 1. The molecule has 4 atom stereocenters. The van der Waals surface area contributed by atoms with Crippen LogP contribution in [0.2, 0.25) is 5.02 Å². The number of ether oxygens (including phenoxy) is 3. The molecule has 1 N–H and O–H groups in total. The number of nitrogens with zero attached hydrogens (tertiary/aromatic N) is 3. The van der Waals surface area contributed by atoms with Crippen LogP contribution in [0, 0.1) is 12.8 Å². The molecule has 2 aromatic carbocycles. The van der Waals surface area contributed by atoms with E-state index in [-0.39, 0.29) is 17.4 Å². The summed E-state index contributed by atoms with van der Waals surface area (Å²) in [6.07, 6.45) is 2.88. The number of anilines is 1. The summed E-state index contributed by atoms with van der Waals surface area (Å²) >= 11 is 6.30. The van der Waals surface area contributed by atoms with E-state index < -0.39 is 0 Å². The van der Waals surface area contributed by atoms with Crippen LogP contribution in [-0.4, -0.2) is 80.7 Å². The Balaban J connectivity index is 1.12. The van der Waals surface area contributed by atoms with Gasteiger partial charge in [-0.25, -0.2) is 0 Å². The fourth-order valence-corrected chi connectivity index (χ4v) is 9.04. The minimum atomic E-state index is -0.139. The molecular formula is C33H37ClN4O4. The highest BCUT2D eigenvalue weighted by Crippen LogP contribution is 2.67. The van der Waals surface area contributed by atoms with Crippen molar-refractivity contribution in [1.82, 2.24) is 14.8 Å². The van der Waals surface area contributed by atoms with Crippen molar-refractivity contribution in [1.29, 1.82) is 0 Å². The van der Waals surface area contributed by atoms with E-state index in [4.69, 9.17) is 25.8 Å². The quantitative estimate of drug-likeness (QED) is 0.474. The zero-order valence-electron chi connectivity index (χ0n) is 24.6. The second kappa shape index (κ2) is 9.32. The van der Waals surface area contributed by atoms with Crippen LogP contribution in [0.25, 0.3) is 0 Å². The minimum absolute atomic E-state index is 0.0638. The lowest BCUT2D eigenvalue weighted by Crippen LogP contribution is -2.62. The van der Waals surface area contributed by atoms with Crippen LogP contribution in [0.5, 0.6) is 17.2 Å². The predicted molar refractivity (Wildman–Crippen MR) is 162 cm³/mol. The Morgan fingerprint density at radius 1 is 1.05 bits per heavy atom. The molecular weight excluding hydrogens is 552 g/mol. The zero-order valence-corrected chi connectivity index (χ0v) is 25.4. The van der Waals surface area contributed by atoms with Gasteiger partial charge in [-0.05, 0) is 86.7 Å². The third-order valence-electron chi connectivity index (χ3n) is 11.0. The largest absolute Gasteiger partial charge is 0.495 e. The molecule has 8 nitrogen and oxygen atoms in total. The first kappa shape index (κ1) is 26.3. The molecule has 2 saturated heterocycles. The second-order valence-corrected chi connectivity index (χ2v) is 13.0. The smallest absolute Gasteiger partial charge is 0.270 e. The van der Waals surface area contributed by atoms with Crippen LogP contribution < -0.4 is 19.1 Å². The Morgan fingerprint density at radius 2 is 1.81 bits per heavy atom. The Bertz CT molecular complexity index is 1610. The number of aromatic amines is 1. The van der Waals surface area contributed by atoms with Gasteiger partial charge < -0.3 is 33.9 Å². The number of hydrogen-bond acceptors (Lipinski definition) is 6. The first-order valence-electron chi connectivity index (χ1n) is 15.0. The van der Waals surface area contributed by atoms with Gasteiger partial charge >= 0.3 is 0 Å². The van der Waals surface area contributed by atoms with E-state index in [0.29, 0.717) is 48.9 Å². The SMILES string of the molecule is COc1ccc(Cl)cc1N1CCN(C(=O)c2[nH]c3c(c2C)CC2[C@H]4Cc5ccc(OC)c6c5[C@@]2(CCN4C)[C@H]3O6)CC1. The normalized spacial score (nSPS) is 27.3. The summed E-state index contributed by atoms with van der Waals surface area (Å²) in [7, 11) is 5.67. The molecule has 220 valence electrons. The number of hydrogen-bond donors (Lipinski definition) is 1. The van der Waals surface area contributed by atoms with Crippen LogP contribution >= 0.6 is 11.6 Å². The number of amides is 1. The summed E-state index contributed by atoms with van der Waals surface area (Å²) in [5, 5.41) is 0.675. The second-order valence-electron chi connectivity index (χ2n) is 12.6. The van der Waals surface area contributed by atoms with Crippen molar-refractivity contribution in [3.63, 3.8) is 0 Å². The number of carbonyl (C=O) groups is 1. The number of halogens is 1. The molecule has 3 aliphatic heterocycles. The standard InChI is InChI=1S/C33H37ClN4O4/c1-18-21-17-22-23-15-19-5-7-26(41-4)30-27(19)33(22,9-10-36(23)2)31(42-30)29(21)35-28(18)32(39)38-13-11-37(12-14-38)24-16-20(34)6-8-25(24)40-3/h5-8,16,22-23,31,35H,9-15,17H2,1-4H3/t22?,23-,31+,33+/m1/s1. The van der Waals surface area contributed by atoms with Crippen molar-refractivity contribution >= 4 is 23.2 Å². The Hall–Kier alpha value is -3.36. The van der Waals surface area contributed by atoms with E-state index in [1.54, 1.807) is 14.2 Å². The number of piperidine rings is 1. The Morgan fingerprint density at radius 3 is 2.57 bits per heavy atom. The zero-order chi connectivity index (χ0) is 28.9. The number of methoxy groups -OCH3 is 2. The molecule has 5 aliphatic rings. The topological polar surface area (TPSA) is 70.3 Å². The number of H-pyrrole nitrogens is 1. The average Bonchev–Trinajstić information content (AvgIpc) is 3.53. The number of piperazine rings is 1. The molecule has 42 heavy (non-hydrogen) atoms. The number of aromatic nitrogens is 1. The fourth-order valence-electron chi connectivity index (χ4n) is 8.87. The van der Waals surface area contributed by atoms with Gasteiger partial charge in [-0.1, -0.05) is 17.7 Å². The van der Waals surface area contributed by atoms with Crippen molar-refractivity contribution in [3.8, 4) is 17.2 Å². The van der Waals surface area contributed by atoms with Crippen molar-refractivity contribution in [3.05, 3.63) is 69.0 Å². The summed E-state index contributed by atoms with van der Waals surface area (Å²) in [6.45, 7) is 5.84. The first-order valence-corrected chi connectivity index (χ1v) is 15.4. The van der Waals surface area contributed by atoms with E-state index in [2.05, 4.69) is 40.9 Å². The predicted octanol–water partition coefficient (Wildman–Crippen LogP) is 4.76. The maximum absolute atomic E-state index is 14.1. The lowest BCUT2D eigenvalue weighted by molar-refractivity contribution is -0.0256. The van der Waals surface area contributed by atoms with Gasteiger partial charge in [0.25, 0.3) is 5.91 Å². The van der Waals surface area contributed by atoms with Crippen LogP contribution in [0.3, 0.4) is 0 Å². The number of nitrogens with one attached hydrogen (secondary N) is 1. The molecule has 8 rings (SSSR count). The molecule has 2 aliphatic carbocycles. The lowest BCUT2D eigenvalue weighted by atomic mass is 9.51. The van der Waals surface area contributed by atoms with Crippen LogP contribution in [0.15, 0.2) is 30.3 Å². The third-order valence-corrected chi connectivity index (χ3v) is 11.2. The highest BCUT2D eigenvalue weighted by atomic mass is 35.5. The van der Waals surface area contributed by atoms with Crippen LogP contribution in [0.1, 0.15) is 51.0 Å². The molecule has 9 heteroatoms. The van der Waals surface area contributed by atoms with E-state index >= 15 is 0 Å². The molecule has 1 amide bonds. The van der Waals surface area contributed by atoms with Gasteiger partial charge in [-0.2, -0.15) is 0 Å². The Labute approximate surface area is 251 Å². The van der Waals surface area contributed by atoms with Crippen molar-refractivity contribution < 1.29 is 19.0 Å². The molecule has 1 unspecified atom stereocenters. The summed E-state index contributed by atoms with van der Waals surface area (Å²) in [6, 6.07) is 10.4. The first-order chi connectivity index (χ1) is 20.3.